The Morgan fingerprint density at radius 3 is 2.69 bits per heavy atom. The van der Waals surface area contributed by atoms with Crippen LogP contribution in [0.1, 0.15) is 29.5 Å². The van der Waals surface area contributed by atoms with Crippen molar-refractivity contribution in [3.05, 3.63) is 63.2 Å². The number of thiazole rings is 1. The summed E-state index contributed by atoms with van der Waals surface area (Å²) in [6.45, 7) is 4.45. The van der Waals surface area contributed by atoms with Gasteiger partial charge < -0.3 is 0 Å². The van der Waals surface area contributed by atoms with E-state index in [1.54, 1.807) is 23.1 Å². The molecule has 0 saturated carbocycles. The zero-order chi connectivity index (χ0) is 18.7. The first-order chi connectivity index (χ1) is 12.5. The second kappa shape index (κ2) is 8.16. The number of anilines is 1. The summed E-state index contributed by atoms with van der Waals surface area (Å²) in [4.78, 5) is 23.6. The van der Waals surface area contributed by atoms with Gasteiger partial charge in [0.1, 0.15) is 5.69 Å². The van der Waals surface area contributed by atoms with E-state index in [9.17, 15) is 4.79 Å². The summed E-state index contributed by atoms with van der Waals surface area (Å²) < 4.78 is 0. The molecule has 7 heteroatoms. The fourth-order valence-electron chi connectivity index (χ4n) is 2.52. The van der Waals surface area contributed by atoms with Crippen molar-refractivity contribution in [2.24, 2.45) is 0 Å². The first-order valence-electron chi connectivity index (χ1n) is 8.16. The smallest absolute Gasteiger partial charge is 0.278 e. The summed E-state index contributed by atoms with van der Waals surface area (Å²) in [5.74, 6) is -0.154. The number of amides is 1. The summed E-state index contributed by atoms with van der Waals surface area (Å²) in [6.07, 6.45) is 0.814. The first-order valence-corrected chi connectivity index (χ1v) is 9.79. The van der Waals surface area contributed by atoms with E-state index in [1.807, 2.05) is 37.4 Å². The van der Waals surface area contributed by atoms with E-state index in [2.05, 4.69) is 9.97 Å². The lowest BCUT2D eigenvalue weighted by Gasteiger charge is -2.18. The number of rotatable bonds is 5. The molecule has 1 amide bonds. The highest BCUT2D eigenvalue weighted by Crippen LogP contribution is 2.33. The van der Waals surface area contributed by atoms with Gasteiger partial charge in [0.15, 0.2) is 5.13 Å². The van der Waals surface area contributed by atoms with Crippen molar-refractivity contribution >= 4 is 45.6 Å². The molecule has 0 unspecified atom stereocenters. The molecule has 3 rings (SSSR count). The largest absolute Gasteiger partial charge is 0.283 e. The predicted octanol–water partition coefficient (Wildman–Crippen LogP) is 5.88. The molecule has 0 aliphatic carbocycles. The third kappa shape index (κ3) is 4.06. The number of aryl methyl sites for hydroxylation is 1. The fraction of sp³-hybridized carbons (Fsp3) is 0.211. The maximum atomic E-state index is 12.9. The molecular formula is C19H17Cl2N3OS. The van der Waals surface area contributed by atoms with Gasteiger partial charge in [-0.1, -0.05) is 36.2 Å². The lowest BCUT2D eigenvalue weighted by molar-refractivity contribution is 0.0982. The number of carbonyl (C=O) groups excluding carboxylic acids is 1. The maximum Gasteiger partial charge on any atom is 0.278 e. The number of aromatic nitrogens is 2. The van der Waals surface area contributed by atoms with Crippen molar-refractivity contribution < 1.29 is 4.79 Å². The van der Waals surface area contributed by atoms with Crippen LogP contribution in [0.2, 0.25) is 10.0 Å². The summed E-state index contributed by atoms with van der Waals surface area (Å²) in [7, 11) is 0. The molecule has 0 radical (unpaired) electrons. The molecule has 3 aromatic rings. The van der Waals surface area contributed by atoms with E-state index >= 15 is 0 Å². The van der Waals surface area contributed by atoms with E-state index in [4.69, 9.17) is 23.2 Å². The van der Waals surface area contributed by atoms with Gasteiger partial charge in [0.2, 0.25) is 0 Å². The van der Waals surface area contributed by atoms with Crippen LogP contribution in [-0.2, 0) is 0 Å². The monoisotopic (exact) mass is 405 g/mol. The standard InChI is InChI=1S/C19H17Cl2N3OS/c1-3-9-24(18(25)16-6-4-5-12(2)22-16)19-23-17(11-26-19)14-8-7-13(20)10-15(14)21/h4-8,10-11H,3,9H2,1-2H3. The minimum Gasteiger partial charge on any atom is -0.283 e. The van der Waals surface area contributed by atoms with Crippen LogP contribution >= 0.6 is 34.5 Å². The van der Waals surface area contributed by atoms with Crippen LogP contribution < -0.4 is 4.90 Å². The number of carbonyl (C=O) groups is 1. The normalized spacial score (nSPS) is 10.8. The number of hydrogen-bond acceptors (Lipinski definition) is 4. The van der Waals surface area contributed by atoms with Gasteiger partial charge in [0, 0.05) is 28.2 Å². The Balaban J connectivity index is 1.94. The van der Waals surface area contributed by atoms with Crippen LogP contribution in [0, 0.1) is 6.92 Å². The lowest BCUT2D eigenvalue weighted by Crippen LogP contribution is -2.32. The molecular weight excluding hydrogens is 389 g/mol. The Bertz CT molecular complexity index is 942. The molecule has 0 saturated heterocycles. The summed E-state index contributed by atoms with van der Waals surface area (Å²) in [5.41, 5.74) is 2.73. The Morgan fingerprint density at radius 1 is 1.19 bits per heavy atom. The molecule has 1 aromatic carbocycles. The topological polar surface area (TPSA) is 46.1 Å². The van der Waals surface area contributed by atoms with E-state index in [-0.39, 0.29) is 5.91 Å². The molecule has 0 bridgehead atoms. The summed E-state index contributed by atoms with van der Waals surface area (Å²) >= 11 is 13.6. The quantitative estimate of drug-likeness (QED) is 0.532. The molecule has 134 valence electrons. The van der Waals surface area contributed by atoms with Gasteiger partial charge in [-0.3, -0.25) is 9.69 Å². The highest BCUT2D eigenvalue weighted by Gasteiger charge is 2.22. The SMILES string of the molecule is CCCN(C(=O)c1cccc(C)n1)c1nc(-c2ccc(Cl)cc2Cl)cs1. The van der Waals surface area contributed by atoms with E-state index in [0.29, 0.717) is 27.4 Å². The highest BCUT2D eigenvalue weighted by molar-refractivity contribution is 7.14. The molecule has 4 nitrogen and oxygen atoms in total. The summed E-state index contributed by atoms with van der Waals surface area (Å²) in [6, 6.07) is 10.7. The van der Waals surface area contributed by atoms with Crippen molar-refractivity contribution in [3.8, 4) is 11.3 Å². The van der Waals surface area contributed by atoms with Gasteiger partial charge in [-0.25, -0.2) is 9.97 Å². The third-order valence-electron chi connectivity index (χ3n) is 3.73. The molecule has 2 aromatic heterocycles. The maximum absolute atomic E-state index is 12.9. The summed E-state index contributed by atoms with van der Waals surface area (Å²) in [5, 5.41) is 3.62. The Labute approximate surface area is 166 Å². The van der Waals surface area contributed by atoms with E-state index in [1.165, 1.54) is 11.3 Å². The van der Waals surface area contributed by atoms with Crippen LogP contribution in [0.3, 0.4) is 0 Å². The van der Waals surface area contributed by atoms with Crippen molar-refractivity contribution in [2.45, 2.75) is 20.3 Å². The fourth-order valence-corrected chi connectivity index (χ4v) is 3.87. The van der Waals surface area contributed by atoms with Gasteiger partial charge in [0.25, 0.3) is 5.91 Å². The second-order valence-electron chi connectivity index (χ2n) is 5.76. The van der Waals surface area contributed by atoms with Gasteiger partial charge in [-0.15, -0.1) is 11.3 Å². The first kappa shape index (κ1) is 18.8. The molecule has 26 heavy (non-hydrogen) atoms. The molecule has 0 fully saturated rings. The van der Waals surface area contributed by atoms with Crippen molar-refractivity contribution in [3.63, 3.8) is 0 Å². The van der Waals surface area contributed by atoms with Gasteiger partial charge in [-0.05, 0) is 43.7 Å². The third-order valence-corrected chi connectivity index (χ3v) is 5.14. The van der Waals surface area contributed by atoms with Gasteiger partial charge >= 0.3 is 0 Å². The molecule has 0 spiro atoms. The van der Waals surface area contributed by atoms with E-state index < -0.39 is 0 Å². The number of benzene rings is 1. The molecule has 0 atom stereocenters. The van der Waals surface area contributed by atoms with Gasteiger partial charge in [-0.2, -0.15) is 0 Å². The molecule has 2 heterocycles. The minimum atomic E-state index is -0.154. The van der Waals surface area contributed by atoms with Crippen LogP contribution in [0.15, 0.2) is 41.8 Å². The van der Waals surface area contributed by atoms with Crippen LogP contribution in [0.4, 0.5) is 5.13 Å². The van der Waals surface area contributed by atoms with Crippen molar-refractivity contribution in [2.75, 3.05) is 11.4 Å². The average molecular weight is 406 g/mol. The van der Waals surface area contributed by atoms with Crippen LogP contribution in [-0.4, -0.2) is 22.4 Å². The van der Waals surface area contributed by atoms with Gasteiger partial charge in [0.05, 0.1) is 10.7 Å². The Morgan fingerprint density at radius 2 is 2.00 bits per heavy atom. The highest BCUT2D eigenvalue weighted by atomic mass is 35.5. The molecule has 0 N–H and O–H groups in total. The Hall–Kier alpha value is -1.95. The number of hydrogen-bond donors (Lipinski definition) is 0. The minimum absolute atomic E-state index is 0.154. The lowest BCUT2D eigenvalue weighted by atomic mass is 10.2. The predicted molar refractivity (Wildman–Crippen MR) is 109 cm³/mol. The average Bonchev–Trinajstić information content (AvgIpc) is 3.08. The zero-order valence-electron chi connectivity index (χ0n) is 14.4. The second-order valence-corrected chi connectivity index (χ2v) is 7.44. The molecule has 0 aliphatic heterocycles. The Kier molecular flexibility index (Phi) is 5.91. The number of pyridine rings is 1. The van der Waals surface area contributed by atoms with Crippen LogP contribution in [0.25, 0.3) is 11.3 Å². The zero-order valence-corrected chi connectivity index (χ0v) is 16.7. The van der Waals surface area contributed by atoms with Crippen molar-refractivity contribution in [1.82, 2.24) is 9.97 Å². The van der Waals surface area contributed by atoms with Crippen LogP contribution in [0.5, 0.6) is 0 Å². The number of nitrogens with zero attached hydrogens (tertiary/aromatic N) is 3. The van der Waals surface area contributed by atoms with Crippen molar-refractivity contribution in [1.29, 1.82) is 0 Å². The number of halogens is 2. The molecule has 0 aliphatic rings. The van der Waals surface area contributed by atoms with E-state index in [0.717, 1.165) is 23.4 Å².